The van der Waals surface area contributed by atoms with Crippen molar-refractivity contribution in [2.24, 2.45) is 5.92 Å². The molecule has 154 valence electrons. The molecule has 2 N–H and O–H groups in total. The van der Waals surface area contributed by atoms with Crippen molar-refractivity contribution < 1.29 is 18.0 Å². The van der Waals surface area contributed by atoms with Crippen LogP contribution in [0.15, 0.2) is 42.5 Å². The number of nitrogens with zero attached hydrogens (tertiary/aromatic N) is 1. The fourth-order valence-corrected chi connectivity index (χ4v) is 4.24. The lowest BCUT2D eigenvalue weighted by atomic mass is 10.1. The molecule has 2 aromatic rings. The quantitative estimate of drug-likeness (QED) is 0.757. The van der Waals surface area contributed by atoms with E-state index in [1.165, 1.54) is 10.6 Å². The molecule has 0 fully saturated rings. The summed E-state index contributed by atoms with van der Waals surface area (Å²) in [4.78, 5) is 24.4. The highest BCUT2D eigenvalue weighted by Crippen LogP contribution is 2.31. The summed E-state index contributed by atoms with van der Waals surface area (Å²) in [6.45, 7) is 4.36. The molecule has 2 aromatic carbocycles. The first-order valence-electron chi connectivity index (χ1n) is 9.45. The Kier molecular flexibility index (Phi) is 5.93. The summed E-state index contributed by atoms with van der Waals surface area (Å²) >= 11 is 0. The molecular formula is C21H25N3O4S. The van der Waals surface area contributed by atoms with Gasteiger partial charge in [0, 0.05) is 29.9 Å². The van der Waals surface area contributed by atoms with Crippen molar-refractivity contribution in [3.05, 3.63) is 53.6 Å². The first kappa shape index (κ1) is 20.9. The molecule has 0 saturated heterocycles. The topological polar surface area (TPSA) is 95.6 Å². The third kappa shape index (κ3) is 5.14. The van der Waals surface area contributed by atoms with E-state index in [2.05, 4.69) is 10.6 Å². The minimum Gasteiger partial charge on any atom is -0.326 e. The summed E-state index contributed by atoms with van der Waals surface area (Å²) in [6.07, 6.45) is 2.21. The van der Waals surface area contributed by atoms with Crippen LogP contribution in [0.4, 0.5) is 17.1 Å². The predicted octanol–water partition coefficient (Wildman–Crippen LogP) is 3.25. The Balaban J connectivity index is 1.66. The maximum absolute atomic E-state index is 12.6. The van der Waals surface area contributed by atoms with E-state index in [-0.39, 0.29) is 17.7 Å². The number of hydrogen-bond acceptors (Lipinski definition) is 4. The molecule has 1 aliphatic rings. The largest absolute Gasteiger partial charge is 0.326 e. The molecule has 7 nitrogen and oxygen atoms in total. The van der Waals surface area contributed by atoms with Crippen LogP contribution in [0.2, 0.25) is 0 Å². The molecule has 0 spiro atoms. The van der Waals surface area contributed by atoms with E-state index >= 15 is 0 Å². The van der Waals surface area contributed by atoms with E-state index in [1.807, 2.05) is 13.8 Å². The van der Waals surface area contributed by atoms with Gasteiger partial charge >= 0.3 is 0 Å². The first-order chi connectivity index (χ1) is 13.6. The van der Waals surface area contributed by atoms with Crippen molar-refractivity contribution in [2.75, 3.05) is 27.7 Å². The van der Waals surface area contributed by atoms with Crippen molar-refractivity contribution in [3.8, 4) is 0 Å². The molecule has 0 radical (unpaired) electrons. The van der Waals surface area contributed by atoms with Gasteiger partial charge in [-0.2, -0.15) is 0 Å². The number of sulfonamides is 1. The lowest BCUT2D eigenvalue weighted by Crippen LogP contribution is -2.27. The van der Waals surface area contributed by atoms with E-state index in [9.17, 15) is 18.0 Å². The average Bonchev–Trinajstić information content (AvgIpc) is 3.06. The number of anilines is 3. The molecule has 3 rings (SSSR count). The van der Waals surface area contributed by atoms with Crippen LogP contribution < -0.4 is 14.9 Å². The van der Waals surface area contributed by atoms with E-state index in [0.29, 0.717) is 42.0 Å². The molecule has 0 aromatic heterocycles. The van der Waals surface area contributed by atoms with Gasteiger partial charge in [-0.15, -0.1) is 0 Å². The van der Waals surface area contributed by atoms with E-state index < -0.39 is 10.0 Å². The highest BCUT2D eigenvalue weighted by Gasteiger charge is 2.26. The van der Waals surface area contributed by atoms with Crippen LogP contribution in [0.5, 0.6) is 0 Å². The molecule has 0 atom stereocenters. The SMILES string of the molecule is CC(C)CC(=O)Nc1ccc(NC(=O)c2ccc3c(c2)CCN3S(C)(=O)=O)cc1. The third-order valence-electron chi connectivity index (χ3n) is 4.62. The minimum atomic E-state index is -3.31. The van der Waals surface area contributed by atoms with Crippen LogP contribution in [0.1, 0.15) is 36.2 Å². The normalized spacial score (nSPS) is 13.3. The van der Waals surface area contributed by atoms with Gasteiger partial charge in [-0.25, -0.2) is 8.42 Å². The van der Waals surface area contributed by atoms with Crippen LogP contribution in [-0.4, -0.2) is 33.0 Å². The summed E-state index contributed by atoms with van der Waals surface area (Å²) in [5, 5.41) is 5.64. The monoisotopic (exact) mass is 415 g/mol. The molecule has 0 unspecified atom stereocenters. The summed E-state index contributed by atoms with van der Waals surface area (Å²) in [6, 6.07) is 11.9. The molecule has 8 heteroatoms. The van der Waals surface area contributed by atoms with Gasteiger partial charge in [0.25, 0.3) is 5.91 Å². The van der Waals surface area contributed by atoms with Crippen LogP contribution in [0.25, 0.3) is 0 Å². The number of amides is 2. The van der Waals surface area contributed by atoms with Crippen LogP contribution in [0, 0.1) is 5.92 Å². The second kappa shape index (κ2) is 8.24. The van der Waals surface area contributed by atoms with Crippen molar-refractivity contribution in [1.29, 1.82) is 0 Å². The molecule has 1 aliphatic heterocycles. The fraction of sp³-hybridized carbons (Fsp3) is 0.333. The average molecular weight is 416 g/mol. The maximum Gasteiger partial charge on any atom is 0.255 e. The summed E-state index contributed by atoms with van der Waals surface area (Å²) in [7, 11) is -3.31. The van der Waals surface area contributed by atoms with Crippen molar-refractivity contribution >= 4 is 38.9 Å². The summed E-state index contributed by atoms with van der Waals surface area (Å²) in [5.41, 5.74) is 3.22. The van der Waals surface area contributed by atoms with Gasteiger partial charge < -0.3 is 10.6 Å². The zero-order chi connectivity index (χ0) is 21.2. The Morgan fingerprint density at radius 1 is 1.03 bits per heavy atom. The Morgan fingerprint density at radius 3 is 2.24 bits per heavy atom. The van der Waals surface area contributed by atoms with Gasteiger partial charge in [0.2, 0.25) is 15.9 Å². The summed E-state index contributed by atoms with van der Waals surface area (Å²) in [5.74, 6) is -0.0364. The molecule has 29 heavy (non-hydrogen) atoms. The van der Waals surface area contributed by atoms with Crippen molar-refractivity contribution in [1.82, 2.24) is 0 Å². The third-order valence-corrected chi connectivity index (χ3v) is 5.80. The van der Waals surface area contributed by atoms with Gasteiger partial charge in [0.15, 0.2) is 0 Å². The highest BCUT2D eigenvalue weighted by atomic mass is 32.2. The zero-order valence-electron chi connectivity index (χ0n) is 16.7. The Labute approximate surface area is 171 Å². The van der Waals surface area contributed by atoms with E-state index in [4.69, 9.17) is 0 Å². The van der Waals surface area contributed by atoms with Crippen LogP contribution in [0.3, 0.4) is 0 Å². The number of benzene rings is 2. The molecule has 1 heterocycles. The van der Waals surface area contributed by atoms with Gasteiger partial charge in [0.1, 0.15) is 0 Å². The zero-order valence-corrected chi connectivity index (χ0v) is 17.5. The van der Waals surface area contributed by atoms with E-state index in [0.717, 1.165) is 5.56 Å². The number of hydrogen-bond donors (Lipinski definition) is 2. The van der Waals surface area contributed by atoms with Gasteiger partial charge in [-0.05, 0) is 60.4 Å². The molecule has 0 aliphatic carbocycles. The standard InChI is InChI=1S/C21H25N3O4S/c1-14(2)12-20(25)22-17-5-7-18(8-6-17)23-21(26)16-4-9-19-15(13-16)10-11-24(19)29(3,27)28/h4-9,13-14H,10-12H2,1-3H3,(H,22,25)(H,23,26). The van der Waals surface area contributed by atoms with Crippen molar-refractivity contribution in [2.45, 2.75) is 26.7 Å². The number of nitrogens with one attached hydrogen (secondary N) is 2. The fourth-order valence-electron chi connectivity index (χ4n) is 3.28. The number of carbonyl (C=O) groups is 2. The Morgan fingerprint density at radius 2 is 1.66 bits per heavy atom. The maximum atomic E-state index is 12.6. The Bertz CT molecular complexity index is 1030. The van der Waals surface area contributed by atoms with Gasteiger partial charge in [-0.3, -0.25) is 13.9 Å². The molecule has 0 bridgehead atoms. The number of fused-ring (bicyclic) bond motifs is 1. The lowest BCUT2D eigenvalue weighted by Gasteiger charge is -2.16. The highest BCUT2D eigenvalue weighted by molar-refractivity contribution is 7.92. The van der Waals surface area contributed by atoms with Gasteiger partial charge in [0.05, 0.1) is 11.9 Å². The molecular weight excluding hydrogens is 390 g/mol. The number of carbonyl (C=O) groups excluding carboxylic acids is 2. The summed E-state index contributed by atoms with van der Waals surface area (Å²) < 4.78 is 25.0. The lowest BCUT2D eigenvalue weighted by molar-refractivity contribution is -0.116. The van der Waals surface area contributed by atoms with Gasteiger partial charge in [-0.1, -0.05) is 13.8 Å². The van der Waals surface area contributed by atoms with Crippen LogP contribution in [-0.2, 0) is 21.2 Å². The van der Waals surface area contributed by atoms with Crippen LogP contribution >= 0.6 is 0 Å². The second-order valence-electron chi connectivity index (χ2n) is 7.61. The predicted molar refractivity (Wildman–Crippen MR) is 115 cm³/mol. The minimum absolute atomic E-state index is 0.0435. The smallest absolute Gasteiger partial charge is 0.255 e. The van der Waals surface area contributed by atoms with E-state index in [1.54, 1.807) is 42.5 Å². The Hall–Kier alpha value is -2.87. The molecule has 2 amide bonds. The molecule has 0 saturated carbocycles. The second-order valence-corrected chi connectivity index (χ2v) is 9.51. The number of rotatable bonds is 6. The van der Waals surface area contributed by atoms with Crippen molar-refractivity contribution in [3.63, 3.8) is 0 Å². The first-order valence-corrected chi connectivity index (χ1v) is 11.3.